The molecule has 2 amide bonds. The van der Waals surface area contributed by atoms with Crippen LogP contribution in [-0.4, -0.2) is 50.6 Å². The summed E-state index contributed by atoms with van der Waals surface area (Å²) in [6.07, 6.45) is 1.44. The average Bonchev–Trinajstić information content (AvgIpc) is 2.75. The minimum absolute atomic E-state index is 0.00293. The number of hydrogen-bond donors (Lipinski definition) is 2. The largest absolute Gasteiger partial charge is 0.497 e. The van der Waals surface area contributed by atoms with Crippen molar-refractivity contribution in [2.75, 3.05) is 44.5 Å². The van der Waals surface area contributed by atoms with E-state index in [1.165, 1.54) is 0 Å². The molecule has 0 radical (unpaired) electrons. The van der Waals surface area contributed by atoms with Gasteiger partial charge in [0.1, 0.15) is 11.5 Å². The number of ether oxygens (including phenoxy) is 2. The third-order valence-corrected chi connectivity index (χ3v) is 5.06. The molecule has 1 aliphatic heterocycles. The number of rotatable bonds is 7. The van der Waals surface area contributed by atoms with E-state index >= 15 is 0 Å². The van der Waals surface area contributed by atoms with E-state index in [0.717, 1.165) is 24.3 Å². The summed E-state index contributed by atoms with van der Waals surface area (Å²) < 4.78 is 10.4. The first-order valence-corrected chi connectivity index (χ1v) is 9.69. The lowest BCUT2D eigenvalue weighted by molar-refractivity contribution is -0.121. The number of anilines is 2. The molecule has 0 aromatic heterocycles. The molecule has 2 N–H and O–H groups in total. The number of carbonyl (C=O) groups is 2. The highest BCUT2D eigenvalue weighted by atomic mass is 16.5. The van der Waals surface area contributed by atoms with Crippen molar-refractivity contribution in [3.05, 3.63) is 48.5 Å². The molecule has 1 fully saturated rings. The van der Waals surface area contributed by atoms with Crippen LogP contribution in [0.2, 0.25) is 0 Å². The molecule has 0 aliphatic carbocycles. The highest BCUT2D eigenvalue weighted by Crippen LogP contribution is 2.25. The molecule has 29 heavy (non-hydrogen) atoms. The highest BCUT2D eigenvalue weighted by Gasteiger charge is 2.26. The molecule has 3 rings (SSSR count). The van der Waals surface area contributed by atoms with Crippen LogP contribution in [-0.2, 0) is 9.59 Å². The van der Waals surface area contributed by atoms with Crippen LogP contribution in [0, 0.1) is 5.92 Å². The zero-order valence-electron chi connectivity index (χ0n) is 16.8. The molecule has 1 saturated heterocycles. The van der Waals surface area contributed by atoms with E-state index in [4.69, 9.17) is 9.47 Å². The summed E-state index contributed by atoms with van der Waals surface area (Å²) in [5.41, 5.74) is 1.42. The summed E-state index contributed by atoms with van der Waals surface area (Å²) >= 11 is 0. The van der Waals surface area contributed by atoms with Gasteiger partial charge in [0.05, 0.1) is 26.5 Å². The van der Waals surface area contributed by atoms with Gasteiger partial charge in [-0.25, -0.2) is 0 Å². The minimum Gasteiger partial charge on any atom is -0.497 e. The molecule has 2 aromatic rings. The second-order valence-corrected chi connectivity index (χ2v) is 7.02. The maximum absolute atomic E-state index is 12.6. The standard InChI is InChI=1S/C22H27N3O4/c1-28-18-9-7-17(8-10-18)23-21(26)15-25-13-11-16(12-14-25)22(27)24-19-5-3-4-6-20(19)29-2/h3-10,16H,11-15H2,1-2H3,(H,23,26)(H,24,27). The van der Waals surface area contributed by atoms with Gasteiger partial charge in [0.2, 0.25) is 11.8 Å². The summed E-state index contributed by atoms with van der Waals surface area (Å²) in [7, 11) is 3.19. The first kappa shape index (κ1) is 20.7. The molecular formula is C22H27N3O4. The number of para-hydroxylation sites is 2. The van der Waals surface area contributed by atoms with Crippen molar-refractivity contribution >= 4 is 23.2 Å². The molecule has 7 nitrogen and oxygen atoms in total. The third-order valence-electron chi connectivity index (χ3n) is 5.06. The van der Waals surface area contributed by atoms with Crippen LogP contribution in [0.15, 0.2) is 48.5 Å². The zero-order valence-corrected chi connectivity index (χ0v) is 16.8. The monoisotopic (exact) mass is 397 g/mol. The van der Waals surface area contributed by atoms with E-state index in [0.29, 0.717) is 31.1 Å². The number of carbonyl (C=O) groups excluding carboxylic acids is 2. The Balaban J connectivity index is 1.44. The lowest BCUT2D eigenvalue weighted by Crippen LogP contribution is -2.41. The van der Waals surface area contributed by atoms with Gasteiger partial charge in [-0.1, -0.05) is 12.1 Å². The van der Waals surface area contributed by atoms with E-state index in [-0.39, 0.29) is 17.7 Å². The third kappa shape index (κ3) is 5.71. The zero-order chi connectivity index (χ0) is 20.6. The number of nitrogens with zero attached hydrogens (tertiary/aromatic N) is 1. The smallest absolute Gasteiger partial charge is 0.238 e. The van der Waals surface area contributed by atoms with Gasteiger partial charge in [-0.15, -0.1) is 0 Å². The van der Waals surface area contributed by atoms with Gasteiger partial charge in [0, 0.05) is 11.6 Å². The number of methoxy groups -OCH3 is 2. The quantitative estimate of drug-likeness (QED) is 0.751. The Hall–Kier alpha value is -3.06. The van der Waals surface area contributed by atoms with Gasteiger partial charge in [0.25, 0.3) is 0 Å². The molecule has 0 atom stereocenters. The maximum atomic E-state index is 12.6. The van der Waals surface area contributed by atoms with E-state index in [2.05, 4.69) is 15.5 Å². The topological polar surface area (TPSA) is 79.9 Å². The molecule has 0 saturated carbocycles. The van der Waals surface area contributed by atoms with Crippen molar-refractivity contribution in [1.82, 2.24) is 4.90 Å². The summed E-state index contributed by atoms with van der Waals surface area (Å²) in [5, 5.41) is 5.85. The molecular weight excluding hydrogens is 370 g/mol. The summed E-state index contributed by atoms with van der Waals surface area (Å²) in [4.78, 5) is 26.9. The van der Waals surface area contributed by atoms with E-state index in [9.17, 15) is 9.59 Å². The fourth-order valence-electron chi connectivity index (χ4n) is 3.41. The van der Waals surface area contributed by atoms with Gasteiger partial charge < -0.3 is 20.1 Å². The Morgan fingerprint density at radius 2 is 1.66 bits per heavy atom. The van der Waals surface area contributed by atoms with Gasteiger partial charge in [0.15, 0.2) is 0 Å². The Kier molecular flexibility index (Phi) is 7.08. The van der Waals surface area contributed by atoms with Crippen molar-refractivity contribution in [3.8, 4) is 11.5 Å². The molecule has 0 bridgehead atoms. The maximum Gasteiger partial charge on any atom is 0.238 e. The minimum atomic E-state index is -0.0687. The number of amides is 2. The summed E-state index contributed by atoms with van der Waals surface area (Å²) in [5.74, 6) is 1.26. The van der Waals surface area contributed by atoms with Crippen LogP contribution in [0.1, 0.15) is 12.8 Å². The lowest BCUT2D eigenvalue weighted by atomic mass is 9.95. The Morgan fingerprint density at radius 1 is 0.966 bits per heavy atom. The molecule has 1 aliphatic rings. The molecule has 7 heteroatoms. The molecule has 154 valence electrons. The van der Waals surface area contributed by atoms with Crippen molar-refractivity contribution in [1.29, 1.82) is 0 Å². The molecule has 0 unspecified atom stereocenters. The highest BCUT2D eigenvalue weighted by molar-refractivity contribution is 5.94. The van der Waals surface area contributed by atoms with Gasteiger partial charge in [-0.3, -0.25) is 14.5 Å². The first-order valence-electron chi connectivity index (χ1n) is 9.69. The molecule has 0 spiro atoms. The van der Waals surface area contributed by atoms with Crippen LogP contribution < -0.4 is 20.1 Å². The van der Waals surface area contributed by atoms with Crippen molar-refractivity contribution in [3.63, 3.8) is 0 Å². The lowest BCUT2D eigenvalue weighted by Gasteiger charge is -2.30. The van der Waals surface area contributed by atoms with Crippen molar-refractivity contribution in [2.24, 2.45) is 5.92 Å². The normalized spacial score (nSPS) is 14.8. The van der Waals surface area contributed by atoms with Crippen LogP contribution in [0.5, 0.6) is 11.5 Å². The Labute approximate surface area is 171 Å². The molecule has 2 aromatic carbocycles. The van der Waals surface area contributed by atoms with Crippen LogP contribution in [0.4, 0.5) is 11.4 Å². The molecule has 1 heterocycles. The van der Waals surface area contributed by atoms with Gasteiger partial charge in [-0.05, 0) is 62.3 Å². The number of benzene rings is 2. The predicted octanol–water partition coefficient (Wildman–Crippen LogP) is 2.99. The second-order valence-electron chi connectivity index (χ2n) is 7.02. The van der Waals surface area contributed by atoms with Crippen LogP contribution in [0.25, 0.3) is 0 Å². The fourth-order valence-corrected chi connectivity index (χ4v) is 3.41. The van der Waals surface area contributed by atoms with E-state index in [1.54, 1.807) is 26.4 Å². The van der Waals surface area contributed by atoms with Gasteiger partial charge in [-0.2, -0.15) is 0 Å². The van der Waals surface area contributed by atoms with E-state index in [1.807, 2.05) is 36.4 Å². The number of hydrogen-bond acceptors (Lipinski definition) is 5. The number of nitrogens with one attached hydrogen (secondary N) is 2. The number of likely N-dealkylation sites (tertiary alicyclic amines) is 1. The Morgan fingerprint density at radius 3 is 2.31 bits per heavy atom. The second kappa shape index (κ2) is 9.93. The number of piperidine rings is 1. The van der Waals surface area contributed by atoms with Gasteiger partial charge >= 0.3 is 0 Å². The van der Waals surface area contributed by atoms with Crippen molar-refractivity contribution < 1.29 is 19.1 Å². The van der Waals surface area contributed by atoms with Crippen LogP contribution in [0.3, 0.4) is 0 Å². The summed E-state index contributed by atoms with van der Waals surface area (Å²) in [6.45, 7) is 1.73. The van der Waals surface area contributed by atoms with Crippen molar-refractivity contribution in [2.45, 2.75) is 12.8 Å². The van der Waals surface area contributed by atoms with Crippen LogP contribution >= 0.6 is 0 Å². The fraction of sp³-hybridized carbons (Fsp3) is 0.364. The SMILES string of the molecule is COc1ccc(NC(=O)CN2CCC(C(=O)Nc3ccccc3OC)CC2)cc1. The summed E-state index contributed by atoms with van der Waals surface area (Å²) in [6, 6.07) is 14.6. The Bertz CT molecular complexity index is 830. The predicted molar refractivity (Wildman–Crippen MR) is 112 cm³/mol. The average molecular weight is 397 g/mol. The first-order chi connectivity index (χ1) is 14.1. The van der Waals surface area contributed by atoms with E-state index < -0.39 is 0 Å².